The van der Waals surface area contributed by atoms with Crippen molar-refractivity contribution >= 4 is 32.5 Å². The van der Waals surface area contributed by atoms with Crippen LogP contribution in [-0.4, -0.2) is 35.6 Å². The SMILES string of the molecule is Cc1cc(NC(=O)c2oc3ccccc3c2C)n(C2CCS(=O)(=O)C2)n1. The zero-order valence-corrected chi connectivity index (χ0v) is 15.3. The number of nitrogens with one attached hydrogen (secondary N) is 1. The Balaban J connectivity index is 1.65. The summed E-state index contributed by atoms with van der Waals surface area (Å²) in [6.07, 6.45) is 0.496. The van der Waals surface area contributed by atoms with Crippen molar-refractivity contribution in [3.8, 4) is 0 Å². The van der Waals surface area contributed by atoms with Gasteiger partial charge in [0.05, 0.1) is 23.2 Å². The number of amides is 1. The Morgan fingerprint density at radius 2 is 2.08 bits per heavy atom. The van der Waals surface area contributed by atoms with Gasteiger partial charge in [0.15, 0.2) is 15.6 Å². The zero-order chi connectivity index (χ0) is 18.5. The van der Waals surface area contributed by atoms with Gasteiger partial charge in [-0.05, 0) is 26.3 Å². The molecule has 136 valence electrons. The van der Waals surface area contributed by atoms with E-state index in [4.69, 9.17) is 4.42 Å². The number of fused-ring (bicyclic) bond motifs is 1. The molecule has 8 heteroatoms. The lowest BCUT2D eigenvalue weighted by Crippen LogP contribution is -2.19. The van der Waals surface area contributed by atoms with Crippen molar-refractivity contribution in [2.75, 3.05) is 16.8 Å². The summed E-state index contributed by atoms with van der Waals surface area (Å²) in [7, 11) is -3.05. The molecule has 0 bridgehead atoms. The monoisotopic (exact) mass is 373 g/mol. The average Bonchev–Trinajstić information content (AvgIpc) is 3.23. The Bertz CT molecular complexity index is 1110. The Morgan fingerprint density at radius 3 is 2.77 bits per heavy atom. The van der Waals surface area contributed by atoms with Gasteiger partial charge in [-0.25, -0.2) is 13.1 Å². The van der Waals surface area contributed by atoms with Crippen LogP contribution < -0.4 is 5.32 Å². The van der Waals surface area contributed by atoms with Gasteiger partial charge < -0.3 is 9.73 Å². The Hall–Kier alpha value is -2.61. The highest BCUT2D eigenvalue weighted by Crippen LogP contribution is 2.29. The van der Waals surface area contributed by atoms with E-state index in [1.807, 2.05) is 38.1 Å². The average molecular weight is 373 g/mol. The normalized spacial score (nSPS) is 19.1. The second kappa shape index (κ2) is 5.98. The molecule has 1 unspecified atom stereocenters. The third kappa shape index (κ3) is 2.90. The standard InChI is InChI=1S/C18H19N3O4S/c1-11-9-16(21(20-11)13-7-8-26(23,24)10-13)19-18(22)17-12(2)14-5-3-4-6-15(14)25-17/h3-6,9,13H,7-8,10H2,1-2H3,(H,19,22). The fraction of sp³-hybridized carbons (Fsp3) is 0.333. The molecule has 3 heterocycles. The second-order valence-corrected chi connectivity index (χ2v) is 8.91. The van der Waals surface area contributed by atoms with E-state index in [0.717, 1.165) is 10.9 Å². The van der Waals surface area contributed by atoms with Crippen molar-refractivity contribution in [1.29, 1.82) is 0 Å². The number of sulfone groups is 1. The molecule has 7 nitrogen and oxygen atoms in total. The second-order valence-electron chi connectivity index (χ2n) is 6.68. The third-order valence-corrected chi connectivity index (χ3v) is 6.45. The van der Waals surface area contributed by atoms with Crippen LogP contribution in [0, 0.1) is 13.8 Å². The van der Waals surface area contributed by atoms with Crippen LogP contribution >= 0.6 is 0 Å². The molecule has 1 aliphatic heterocycles. The summed E-state index contributed by atoms with van der Waals surface area (Å²) in [5.41, 5.74) is 2.14. The molecule has 1 fully saturated rings. The lowest BCUT2D eigenvalue weighted by molar-refractivity contribution is 0.0996. The smallest absolute Gasteiger partial charge is 0.292 e. The largest absolute Gasteiger partial charge is 0.451 e. The van der Waals surface area contributed by atoms with E-state index in [-0.39, 0.29) is 29.2 Å². The number of hydrogen-bond donors (Lipinski definition) is 1. The lowest BCUT2D eigenvalue weighted by atomic mass is 10.1. The van der Waals surface area contributed by atoms with Gasteiger partial charge in [-0.3, -0.25) is 4.79 Å². The van der Waals surface area contributed by atoms with Crippen molar-refractivity contribution in [3.63, 3.8) is 0 Å². The summed E-state index contributed by atoms with van der Waals surface area (Å²) in [4.78, 5) is 12.7. The summed E-state index contributed by atoms with van der Waals surface area (Å²) in [5, 5.41) is 8.10. The molecular weight excluding hydrogens is 354 g/mol. The molecule has 4 rings (SSSR count). The maximum absolute atomic E-state index is 12.7. The number of carbonyl (C=O) groups excluding carboxylic acids is 1. The van der Waals surface area contributed by atoms with Gasteiger partial charge in [-0.2, -0.15) is 5.10 Å². The summed E-state index contributed by atoms with van der Waals surface area (Å²) in [6, 6.07) is 8.94. The van der Waals surface area contributed by atoms with Crippen LogP contribution in [0.5, 0.6) is 0 Å². The molecule has 1 amide bonds. The maximum atomic E-state index is 12.7. The summed E-state index contributed by atoms with van der Waals surface area (Å²) < 4.78 is 30.9. The van der Waals surface area contributed by atoms with Crippen LogP contribution in [0.1, 0.15) is 34.3 Å². The number of nitrogens with zero attached hydrogens (tertiary/aromatic N) is 2. The number of hydrogen-bond acceptors (Lipinski definition) is 5. The molecule has 1 saturated heterocycles. The number of aromatic nitrogens is 2. The Morgan fingerprint density at radius 1 is 1.31 bits per heavy atom. The molecule has 0 saturated carbocycles. The van der Waals surface area contributed by atoms with E-state index in [2.05, 4.69) is 10.4 Å². The first kappa shape index (κ1) is 16.8. The Labute approximate surface area is 150 Å². The number of aryl methyl sites for hydroxylation is 2. The van der Waals surface area contributed by atoms with E-state index in [1.54, 1.807) is 10.7 Å². The highest BCUT2D eigenvalue weighted by molar-refractivity contribution is 7.91. The molecule has 26 heavy (non-hydrogen) atoms. The first-order valence-electron chi connectivity index (χ1n) is 8.40. The van der Waals surface area contributed by atoms with Crippen LogP contribution in [-0.2, 0) is 9.84 Å². The first-order chi connectivity index (χ1) is 12.3. The van der Waals surface area contributed by atoms with Crippen LogP contribution in [0.3, 0.4) is 0 Å². The van der Waals surface area contributed by atoms with Crippen molar-refractivity contribution in [2.24, 2.45) is 0 Å². The van der Waals surface area contributed by atoms with E-state index in [0.29, 0.717) is 23.5 Å². The molecule has 0 spiro atoms. The van der Waals surface area contributed by atoms with Gasteiger partial charge in [-0.15, -0.1) is 0 Å². The van der Waals surface area contributed by atoms with Crippen molar-refractivity contribution in [1.82, 2.24) is 9.78 Å². The number of benzene rings is 1. The minimum atomic E-state index is -3.05. The molecule has 3 aromatic rings. The molecule has 1 atom stereocenters. The van der Waals surface area contributed by atoms with E-state index in [1.165, 1.54) is 0 Å². The van der Waals surface area contributed by atoms with Gasteiger partial charge in [-0.1, -0.05) is 18.2 Å². The third-order valence-electron chi connectivity index (χ3n) is 4.70. The molecule has 1 N–H and O–H groups in total. The fourth-order valence-electron chi connectivity index (χ4n) is 3.42. The van der Waals surface area contributed by atoms with Crippen LogP contribution in [0.25, 0.3) is 11.0 Å². The van der Waals surface area contributed by atoms with E-state index >= 15 is 0 Å². The zero-order valence-electron chi connectivity index (χ0n) is 14.5. The highest BCUT2D eigenvalue weighted by atomic mass is 32.2. The molecule has 1 aromatic carbocycles. The van der Waals surface area contributed by atoms with Gasteiger partial charge in [0, 0.05) is 17.0 Å². The van der Waals surface area contributed by atoms with Crippen molar-refractivity contribution < 1.29 is 17.6 Å². The fourth-order valence-corrected chi connectivity index (χ4v) is 5.11. The molecule has 1 aliphatic rings. The summed E-state index contributed by atoms with van der Waals surface area (Å²) in [6.45, 7) is 3.65. The van der Waals surface area contributed by atoms with Crippen molar-refractivity contribution in [2.45, 2.75) is 26.3 Å². The van der Waals surface area contributed by atoms with Crippen LogP contribution in [0.4, 0.5) is 5.82 Å². The summed E-state index contributed by atoms with van der Waals surface area (Å²) in [5.74, 6) is 0.540. The molecule has 0 radical (unpaired) electrons. The predicted molar refractivity (Wildman–Crippen MR) is 98.2 cm³/mol. The predicted octanol–water partition coefficient (Wildman–Crippen LogP) is 2.86. The highest BCUT2D eigenvalue weighted by Gasteiger charge is 2.31. The molecule has 0 aliphatic carbocycles. The lowest BCUT2D eigenvalue weighted by Gasteiger charge is -2.13. The maximum Gasteiger partial charge on any atom is 0.292 e. The summed E-state index contributed by atoms with van der Waals surface area (Å²) >= 11 is 0. The van der Waals surface area contributed by atoms with Gasteiger partial charge in [0.25, 0.3) is 5.91 Å². The van der Waals surface area contributed by atoms with E-state index in [9.17, 15) is 13.2 Å². The Kier molecular flexibility index (Phi) is 3.87. The number of anilines is 1. The number of para-hydroxylation sites is 1. The minimum absolute atomic E-state index is 0.0423. The quantitative estimate of drug-likeness (QED) is 0.762. The van der Waals surface area contributed by atoms with Crippen LogP contribution in [0.15, 0.2) is 34.7 Å². The van der Waals surface area contributed by atoms with Crippen molar-refractivity contribution in [3.05, 3.63) is 47.3 Å². The van der Waals surface area contributed by atoms with Gasteiger partial charge >= 0.3 is 0 Å². The van der Waals surface area contributed by atoms with Gasteiger partial charge in [0.1, 0.15) is 11.4 Å². The number of furan rings is 1. The topological polar surface area (TPSA) is 94.2 Å². The first-order valence-corrected chi connectivity index (χ1v) is 10.2. The number of rotatable bonds is 3. The minimum Gasteiger partial charge on any atom is -0.451 e. The number of carbonyl (C=O) groups is 1. The van der Waals surface area contributed by atoms with Gasteiger partial charge in [0.2, 0.25) is 0 Å². The van der Waals surface area contributed by atoms with E-state index < -0.39 is 9.84 Å². The molecular formula is C18H19N3O4S. The molecule has 2 aromatic heterocycles. The van der Waals surface area contributed by atoms with Crippen LogP contribution in [0.2, 0.25) is 0 Å².